The van der Waals surface area contributed by atoms with Crippen molar-refractivity contribution in [3.63, 3.8) is 0 Å². The van der Waals surface area contributed by atoms with Gasteiger partial charge in [0, 0.05) is 6.07 Å². The fourth-order valence-electron chi connectivity index (χ4n) is 2.15. The molecule has 114 valence electrons. The van der Waals surface area contributed by atoms with Crippen molar-refractivity contribution in [3.05, 3.63) is 28.0 Å². The Morgan fingerprint density at radius 3 is 2.70 bits per heavy atom. The van der Waals surface area contributed by atoms with Gasteiger partial charge < -0.3 is 10.1 Å². The molecule has 4 heteroatoms. The van der Waals surface area contributed by atoms with E-state index in [9.17, 15) is 4.39 Å². The van der Waals surface area contributed by atoms with Crippen molar-refractivity contribution >= 4 is 15.9 Å². The number of aryl methyl sites for hydroxylation is 1. The van der Waals surface area contributed by atoms with Crippen LogP contribution in [0.25, 0.3) is 0 Å². The summed E-state index contributed by atoms with van der Waals surface area (Å²) in [5.74, 6) is 1.01. The number of ether oxygens (including phenoxy) is 1. The van der Waals surface area contributed by atoms with Crippen LogP contribution < -0.4 is 10.1 Å². The van der Waals surface area contributed by atoms with E-state index in [1.54, 1.807) is 7.11 Å². The Morgan fingerprint density at radius 2 is 2.05 bits per heavy atom. The van der Waals surface area contributed by atoms with E-state index in [2.05, 4.69) is 35.1 Å². The number of nitrogens with one attached hydrogen (secondary N) is 1. The van der Waals surface area contributed by atoms with Crippen LogP contribution in [-0.4, -0.2) is 20.2 Å². The molecular weight excluding hydrogens is 321 g/mol. The van der Waals surface area contributed by atoms with Crippen LogP contribution in [0.2, 0.25) is 0 Å². The number of hydrogen-bond donors (Lipinski definition) is 1. The molecule has 0 spiro atoms. The fourth-order valence-corrected chi connectivity index (χ4v) is 2.54. The van der Waals surface area contributed by atoms with Crippen molar-refractivity contribution in [2.75, 3.05) is 20.2 Å². The van der Waals surface area contributed by atoms with Gasteiger partial charge in [0.15, 0.2) is 0 Å². The summed E-state index contributed by atoms with van der Waals surface area (Å²) in [6, 6.07) is 3.28. The monoisotopic (exact) mass is 345 g/mol. The molecule has 0 aliphatic rings. The van der Waals surface area contributed by atoms with E-state index in [4.69, 9.17) is 4.74 Å². The van der Waals surface area contributed by atoms with Crippen LogP contribution in [0.5, 0.6) is 5.75 Å². The standard InChI is InChI=1S/C16H25BrFNO/c1-4-8-19-9-7-12(2)5-6-13-10-14(17)15(18)11-16(13)20-3/h10-12,19H,4-9H2,1-3H3. The van der Waals surface area contributed by atoms with E-state index in [0.717, 1.165) is 31.5 Å². The molecule has 1 atom stereocenters. The van der Waals surface area contributed by atoms with Gasteiger partial charge in [-0.3, -0.25) is 0 Å². The van der Waals surface area contributed by atoms with Gasteiger partial charge in [0.05, 0.1) is 11.6 Å². The molecule has 0 saturated heterocycles. The Balaban J connectivity index is 2.46. The highest BCUT2D eigenvalue weighted by Gasteiger charge is 2.10. The fraction of sp³-hybridized carbons (Fsp3) is 0.625. The van der Waals surface area contributed by atoms with E-state index in [1.165, 1.54) is 18.9 Å². The predicted molar refractivity (Wildman–Crippen MR) is 85.9 cm³/mol. The number of methoxy groups -OCH3 is 1. The summed E-state index contributed by atoms with van der Waals surface area (Å²) < 4.78 is 19.2. The SMILES string of the molecule is CCCNCCC(C)CCc1cc(Br)c(F)cc1OC. The largest absolute Gasteiger partial charge is 0.496 e. The summed E-state index contributed by atoms with van der Waals surface area (Å²) in [5.41, 5.74) is 1.06. The number of rotatable bonds is 9. The first-order valence-electron chi connectivity index (χ1n) is 7.31. The topological polar surface area (TPSA) is 21.3 Å². The summed E-state index contributed by atoms with van der Waals surface area (Å²) >= 11 is 3.24. The quantitative estimate of drug-likeness (QED) is 0.662. The van der Waals surface area contributed by atoms with Crippen LogP contribution in [0, 0.1) is 11.7 Å². The Bertz CT molecular complexity index is 412. The Labute approximate surface area is 130 Å². The highest BCUT2D eigenvalue weighted by Crippen LogP contribution is 2.28. The van der Waals surface area contributed by atoms with Gasteiger partial charge >= 0.3 is 0 Å². The van der Waals surface area contributed by atoms with Gasteiger partial charge in [-0.05, 0) is 72.3 Å². The van der Waals surface area contributed by atoms with E-state index in [-0.39, 0.29) is 5.82 Å². The van der Waals surface area contributed by atoms with Crippen LogP contribution in [0.3, 0.4) is 0 Å². The van der Waals surface area contributed by atoms with Gasteiger partial charge in [0.2, 0.25) is 0 Å². The zero-order valence-corrected chi connectivity index (χ0v) is 14.2. The third kappa shape index (κ3) is 5.80. The zero-order chi connectivity index (χ0) is 15.0. The molecule has 0 fully saturated rings. The maximum Gasteiger partial charge on any atom is 0.141 e. The molecular formula is C16H25BrFNO. The number of hydrogen-bond acceptors (Lipinski definition) is 2. The molecule has 0 aromatic heterocycles. The first kappa shape index (κ1) is 17.4. The highest BCUT2D eigenvalue weighted by molar-refractivity contribution is 9.10. The second kappa shape index (κ2) is 9.35. The summed E-state index contributed by atoms with van der Waals surface area (Å²) in [6.45, 7) is 6.60. The third-order valence-corrected chi connectivity index (χ3v) is 4.08. The lowest BCUT2D eigenvalue weighted by atomic mass is 9.97. The molecule has 0 saturated carbocycles. The van der Waals surface area contributed by atoms with Crippen molar-refractivity contribution in [3.8, 4) is 5.75 Å². The molecule has 0 aliphatic heterocycles. The van der Waals surface area contributed by atoms with Gasteiger partial charge in [-0.25, -0.2) is 4.39 Å². The van der Waals surface area contributed by atoms with Crippen LogP contribution in [-0.2, 0) is 6.42 Å². The van der Waals surface area contributed by atoms with Crippen molar-refractivity contribution in [1.82, 2.24) is 5.32 Å². The van der Waals surface area contributed by atoms with Crippen molar-refractivity contribution < 1.29 is 9.13 Å². The Kier molecular flexibility index (Phi) is 8.15. The molecule has 1 rings (SSSR count). The lowest BCUT2D eigenvalue weighted by molar-refractivity contribution is 0.401. The van der Waals surface area contributed by atoms with E-state index < -0.39 is 0 Å². The Morgan fingerprint density at radius 1 is 1.30 bits per heavy atom. The van der Waals surface area contributed by atoms with E-state index in [1.807, 2.05) is 6.07 Å². The zero-order valence-electron chi connectivity index (χ0n) is 12.6. The normalized spacial score (nSPS) is 12.4. The second-order valence-electron chi connectivity index (χ2n) is 5.26. The smallest absolute Gasteiger partial charge is 0.141 e. The lowest BCUT2D eigenvalue weighted by Crippen LogP contribution is -2.18. The Hall–Kier alpha value is -0.610. The van der Waals surface area contributed by atoms with Crippen LogP contribution in [0.4, 0.5) is 4.39 Å². The number of benzene rings is 1. The summed E-state index contributed by atoms with van der Waals surface area (Å²) in [7, 11) is 1.59. The predicted octanol–water partition coefficient (Wildman–Crippen LogP) is 4.56. The molecule has 0 bridgehead atoms. The van der Waals surface area contributed by atoms with Gasteiger partial charge in [-0.15, -0.1) is 0 Å². The van der Waals surface area contributed by atoms with Crippen molar-refractivity contribution in [2.45, 2.75) is 39.5 Å². The maximum atomic E-state index is 13.4. The van der Waals surface area contributed by atoms with Crippen molar-refractivity contribution in [2.24, 2.45) is 5.92 Å². The highest BCUT2D eigenvalue weighted by atomic mass is 79.9. The molecule has 0 aliphatic carbocycles. The van der Waals surface area contributed by atoms with Gasteiger partial charge in [0.1, 0.15) is 11.6 Å². The average molecular weight is 346 g/mol. The van der Waals surface area contributed by atoms with Gasteiger partial charge in [0.25, 0.3) is 0 Å². The van der Waals surface area contributed by atoms with Crippen LogP contribution >= 0.6 is 15.9 Å². The maximum absolute atomic E-state index is 13.4. The van der Waals surface area contributed by atoms with Gasteiger partial charge in [-0.1, -0.05) is 13.8 Å². The lowest BCUT2D eigenvalue weighted by Gasteiger charge is -2.14. The first-order valence-corrected chi connectivity index (χ1v) is 8.10. The second-order valence-corrected chi connectivity index (χ2v) is 6.12. The summed E-state index contributed by atoms with van der Waals surface area (Å²) in [5, 5.41) is 3.42. The molecule has 0 amide bonds. The molecule has 2 nitrogen and oxygen atoms in total. The number of halogens is 2. The van der Waals surface area contributed by atoms with Crippen LogP contribution in [0.15, 0.2) is 16.6 Å². The van der Waals surface area contributed by atoms with Gasteiger partial charge in [-0.2, -0.15) is 0 Å². The first-order chi connectivity index (χ1) is 9.58. The summed E-state index contributed by atoms with van der Waals surface area (Å²) in [4.78, 5) is 0. The minimum absolute atomic E-state index is 0.276. The molecule has 1 unspecified atom stereocenters. The van der Waals surface area contributed by atoms with E-state index in [0.29, 0.717) is 16.1 Å². The minimum atomic E-state index is -0.276. The minimum Gasteiger partial charge on any atom is -0.496 e. The van der Waals surface area contributed by atoms with E-state index >= 15 is 0 Å². The van der Waals surface area contributed by atoms with Crippen molar-refractivity contribution in [1.29, 1.82) is 0 Å². The summed E-state index contributed by atoms with van der Waals surface area (Å²) in [6.07, 6.45) is 4.35. The molecule has 1 aromatic carbocycles. The molecule has 0 heterocycles. The third-order valence-electron chi connectivity index (χ3n) is 3.47. The molecule has 0 radical (unpaired) electrons. The molecule has 1 N–H and O–H groups in total. The molecule has 20 heavy (non-hydrogen) atoms. The average Bonchev–Trinajstić information content (AvgIpc) is 2.44. The van der Waals surface area contributed by atoms with Crippen LogP contribution in [0.1, 0.15) is 38.7 Å². The molecule has 1 aromatic rings.